The number of unbranched alkanes of at least 4 members (excludes halogenated alkanes) is 6. The van der Waals surface area contributed by atoms with E-state index in [-0.39, 0.29) is 12.8 Å². The molecule has 0 heterocycles. The highest BCUT2D eigenvalue weighted by Crippen LogP contribution is 2.43. The maximum Gasteiger partial charge on any atom is 0.472 e. The first-order chi connectivity index (χ1) is 30.8. The monoisotopic (exact) mass is 940 g/mol. The highest BCUT2D eigenvalue weighted by molar-refractivity contribution is 7.47. The quantitative estimate of drug-likeness (QED) is 0.0127. The molecule has 0 aliphatic carbocycles. The Morgan fingerprint density at radius 1 is 0.531 bits per heavy atom. The fourth-order valence-electron chi connectivity index (χ4n) is 5.30. The third-order valence-electron chi connectivity index (χ3n) is 8.74. The topological polar surface area (TPSA) is 216 Å². The molecule has 14 nitrogen and oxygen atoms in total. The number of allylic oxidation sites excluding steroid dienone is 17. The van der Waals surface area contributed by atoms with Crippen LogP contribution >= 0.6 is 15.6 Å². The number of aliphatic hydroxyl groups is 2. The van der Waals surface area contributed by atoms with Crippen LogP contribution in [0, 0.1) is 0 Å². The smallest absolute Gasteiger partial charge is 0.462 e. The van der Waals surface area contributed by atoms with Crippen LogP contribution < -0.4 is 0 Å². The van der Waals surface area contributed by atoms with E-state index < -0.39 is 72.3 Å². The highest BCUT2D eigenvalue weighted by Gasteiger charge is 2.28. The van der Waals surface area contributed by atoms with Crippen molar-refractivity contribution >= 4 is 27.6 Å². The van der Waals surface area contributed by atoms with Gasteiger partial charge in [0.15, 0.2) is 6.10 Å². The first kappa shape index (κ1) is 60.7. The second kappa shape index (κ2) is 42.4. The molecular weight excluding hydrogens is 862 g/mol. The van der Waals surface area contributed by atoms with Gasteiger partial charge in [-0.15, -0.1) is 0 Å². The van der Waals surface area contributed by atoms with Crippen molar-refractivity contribution < 1.29 is 66.7 Å². The van der Waals surface area contributed by atoms with Gasteiger partial charge in [0.1, 0.15) is 12.7 Å². The van der Waals surface area contributed by atoms with E-state index in [0.29, 0.717) is 19.3 Å². The van der Waals surface area contributed by atoms with Crippen LogP contribution in [0.2, 0.25) is 0 Å². The van der Waals surface area contributed by atoms with E-state index in [9.17, 15) is 33.8 Å². The molecule has 0 aromatic rings. The van der Waals surface area contributed by atoms with Crippen LogP contribution in [0.15, 0.2) is 109 Å². The maximum atomic E-state index is 12.7. The van der Waals surface area contributed by atoms with E-state index >= 15 is 0 Å². The molecule has 16 heteroatoms. The summed E-state index contributed by atoms with van der Waals surface area (Å²) in [6.45, 7) is 1.39. The van der Waals surface area contributed by atoms with Crippen molar-refractivity contribution in [1.82, 2.24) is 0 Å². The Morgan fingerprint density at radius 3 is 1.62 bits per heavy atom. The molecule has 0 amide bonds. The van der Waals surface area contributed by atoms with Crippen LogP contribution in [-0.2, 0) is 41.8 Å². The Kier molecular flexibility index (Phi) is 40.2. The first-order valence-corrected chi connectivity index (χ1v) is 25.7. The fraction of sp³-hybridized carbons (Fsp3) is 0.583. The lowest BCUT2D eigenvalue weighted by atomic mass is 10.1. The van der Waals surface area contributed by atoms with Gasteiger partial charge in [-0.05, 0) is 83.5 Å². The molecule has 0 fully saturated rings. The molecule has 4 atom stereocenters. The van der Waals surface area contributed by atoms with E-state index in [1.54, 1.807) is 6.08 Å². The van der Waals surface area contributed by atoms with Crippen molar-refractivity contribution in [1.29, 1.82) is 0 Å². The second-order valence-corrected chi connectivity index (χ2v) is 17.5. The van der Waals surface area contributed by atoms with Gasteiger partial charge in [0.25, 0.3) is 0 Å². The summed E-state index contributed by atoms with van der Waals surface area (Å²) < 4.78 is 47.7. The fourth-order valence-corrected chi connectivity index (χ4v) is 6.46. The van der Waals surface area contributed by atoms with Crippen LogP contribution in [0.25, 0.3) is 0 Å². The van der Waals surface area contributed by atoms with Crippen molar-refractivity contribution in [2.24, 2.45) is 0 Å². The molecule has 0 saturated carbocycles. The number of phosphoric acid groups is 2. The third kappa shape index (κ3) is 45.3. The molecule has 0 aromatic heterocycles. The number of esters is 2. The summed E-state index contributed by atoms with van der Waals surface area (Å²) in [7, 11) is -9.74. The predicted octanol–water partition coefficient (Wildman–Crippen LogP) is 10.9. The van der Waals surface area contributed by atoms with Gasteiger partial charge in [-0.25, -0.2) is 9.13 Å². The van der Waals surface area contributed by atoms with E-state index in [1.807, 2.05) is 42.5 Å². The van der Waals surface area contributed by atoms with Gasteiger partial charge in [-0.3, -0.25) is 23.2 Å². The Labute approximate surface area is 383 Å². The lowest BCUT2D eigenvalue weighted by molar-refractivity contribution is -0.161. The minimum absolute atomic E-state index is 0.0210. The molecular formula is C48H78O14P2. The molecule has 0 aliphatic heterocycles. The van der Waals surface area contributed by atoms with Gasteiger partial charge in [-0.2, -0.15) is 0 Å². The van der Waals surface area contributed by atoms with Crippen LogP contribution in [0.4, 0.5) is 0 Å². The molecule has 0 radical (unpaired) electrons. The first-order valence-electron chi connectivity index (χ1n) is 22.7. The van der Waals surface area contributed by atoms with Crippen molar-refractivity contribution in [2.45, 2.75) is 154 Å². The minimum atomic E-state index is -4.89. The number of ether oxygens (including phenoxy) is 2. The average molecular weight is 941 g/mol. The Hall–Kier alpha value is -3.26. The molecule has 5 N–H and O–H groups in total. The molecule has 364 valence electrons. The Balaban J connectivity index is 4.71. The molecule has 0 spiro atoms. The van der Waals surface area contributed by atoms with E-state index in [1.165, 1.54) is 0 Å². The van der Waals surface area contributed by atoms with Gasteiger partial charge in [0, 0.05) is 12.8 Å². The molecule has 64 heavy (non-hydrogen) atoms. The van der Waals surface area contributed by atoms with Crippen LogP contribution in [0.3, 0.4) is 0 Å². The number of rotatable bonds is 41. The molecule has 1 unspecified atom stereocenters. The standard InChI is InChI=1S/C48H78O14P2/c1-3-5-7-8-9-10-11-12-13-14-15-16-17-18-21-24-27-30-34-38-47(51)58-42-46(43-61-64(56,57)60-41-45(50)40-59-63(53,54)55)62-48(52)39-35-31-28-25-22-19-20-23-26-29-33-37-44(49)36-32-6-4-2/h5,7,9-10,12-13,15-16,18-21,25-26,28-29,33,37,44-46,49-50H,3-4,6,8,11,14,17,22-24,27,30-32,34-36,38-43H2,1-2H3,(H,56,57)(H2,53,54,55)/b7-5-,10-9-,13-12-,16-15-,20-19-,21-18-,28-25-,29-26-,37-33+/t44-,45-,46+/m0/s1. The summed E-state index contributed by atoms with van der Waals surface area (Å²) in [6, 6.07) is 0. The zero-order chi connectivity index (χ0) is 47.4. The van der Waals surface area contributed by atoms with Crippen LogP contribution in [0.1, 0.15) is 136 Å². The maximum absolute atomic E-state index is 12.7. The number of phosphoric ester groups is 2. The summed E-state index contributed by atoms with van der Waals surface area (Å²) in [5.74, 6) is -1.17. The van der Waals surface area contributed by atoms with Crippen LogP contribution in [0.5, 0.6) is 0 Å². The molecule has 0 saturated heterocycles. The average Bonchev–Trinajstić information content (AvgIpc) is 3.25. The lowest BCUT2D eigenvalue weighted by Gasteiger charge is -2.20. The lowest BCUT2D eigenvalue weighted by Crippen LogP contribution is -2.29. The summed E-state index contributed by atoms with van der Waals surface area (Å²) in [6.07, 6.45) is 48.4. The van der Waals surface area contributed by atoms with E-state index in [4.69, 9.17) is 23.8 Å². The van der Waals surface area contributed by atoms with Gasteiger partial charge in [-0.1, -0.05) is 149 Å². The normalized spacial score (nSPS) is 15.4. The summed E-state index contributed by atoms with van der Waals surface area (Å²) >= 11 is 0. The second-order valence-electron chi connectivity index (χ2n) is 14.8. The zero-order valence-electron chi connectivity index (χ0n) is 38.2. The number of aliphatic hydroxyl groups excluding tert-OH is 2. The molecule has 0 aliphatic rings. The van der Waals surface area contributed by atoms with Gasteiger partial charge in [0.2, 0.25) is 0 Å². The SMILES string of the molecule is CC/C=C\C/C=C\C/C=C\C/C=C\C/C=C\CCCCCC(=O)OC[C@H](COP(=O)(O)OC[C@@H](O)COP(=O)(O)O)OC(=O)CCC/C=C\C/C=C\C/C=C\C=C\[C@@H](O)CCCCC. The van der Waals surface area contributed by atoms with Crippen molar-refractivity contribution in [3.05, 3.63) is 109 Å². The minimum Gasteiger partial charge on any atom is -0.462 e. The van der Waals surface area contributed by atoms with E-state index in [0.717, 1.165) is 89.9 Å². The number of hydrogen-bond donors (Lipinski definition) is 5. The zero-order valence-corrected chi connectivity index (χ0v) is 40.0. The van der Waals surface area contributed by atoms with Crippen molar-refractivity contribution in [3.8, 4) is 0 Å². The number of carbonyl (C=O) groups excluding carboxylic acids is 2. The predicted molar refractivity (Wildman–Crippen MR) is 254 cm³/mol. The molecule has 0 rings (SSSR count). The Morgan fingerprint density at radius 2 is 1.05 bits per heavy atom. The largest absolute Gasteiger partial charge is 0.472 e. The van der Waals surface area contributed by atoms with Crippen molar-refractivity contribution in [3.63, 3.8) is 0 Å². The van der Waals surface area contributed by atoms with Gasteiger partial charge >= 0.3 is 27.6 Å². The van der Waals surface area contributed by atoms with Gasteiger partial charge < -0.3 is 34.4 Å². The molecule has 0 bridgehead atoms. The van der Waals surface area contributed by atoms with Crippen LogP contribution in [-0.4, -0.2) is 81.6 Å². The Bertz CT molecular complexity index is 1560. The van der Waals surface area contributed by atoms with E-state index in [2.05, 4.69) is 83.7 Å². The van der Waals surface area contributed by atoms with Gasteiger partial charge in [0.05, 0.1) is 25.9 Å². The highest BCUT2D eigenvalue weighted by atomic mass is 31.2. The number of carbonyl (C=O) groups is 2. The molecule has 0 aromatic carbocycles. The van der Waals surface area contributed by atoms with Crippen molar-refractivity contribution in [2.75, 3.05) is 26.4 Å². The third-order valence-corrected chi connectivity index (χ3v) is 10.2. The summed E-state index contributed by atoms with van der Waals surface area (Å²) in [4.78, 5) is 52.7. The number of hydrogen-bond acceptors (Lipinski definition) is 11. The summed E-state index contributed by atoms with van der Waals surface area (Å²) in [5.41, 5.74) is 0. The summed E-state index contributed by atoms with van der Waals surface area (Å²) in [5, 5.41) is 19.7.